The minimum atomic E-state index is -0.320. The van der Waals surface area contributed by atoms with Gasteiger partial charge in [-0.1, -0.05) is 6.07 Å². The molecule has 0 atom stereocenters. The molecule has 0 saturated carbocycles. The lowest BCUT2D eigenvalue weighted by Gasteiger charge is -1.97. The lowest BCUT2D eigenvalue weighted by molar-refractivity contribution is -0.116. The van der Waals surface area contributed by atoms with Crippen LogP contribution in [0.25, 0.3) is 10.1 Å². The Morgan fingerprint density at radius 3 is 2.71 bits per heavy atom. The second-order valence-corrected chi connectivity index (χ2v) is 4.94. The lowest BCUT2D eigenvalue weighted by Crippen LogP contribution is -1.96. The van der Waals surface area contributed by atoms with Gasteiger partial charge in [0.15, 0.2) is 0 Å². The van der Waals surface area contributed by atoms with Crippen LogP contribution in [-0.2, 0) is 16.0 Å². The quantitative estimate of drug-likeness (QED) is 0.784. The van der Waals surface area contributed by atoms with Gasteiger partial charge in [0.2, 0.25) is 0 Å². The van der Waals surface area contributed by atoms with E-state index in [1.54, 1.807) is 13.0 Å². The predicted molar refractivity (Wildman–Crippen MR) is 67.5 cm³/mol. The zero-order chi connectivity index (χ0) is 12.4. The van der Waals surface area contributed by atoms with Crippen molar-refractivity contribution in [3.8, 4) is 0 Å². The van der Waals surface area contributed by atoms with E-state index in [-0.39, 0.29) is 11.8 Å². The van der Waals surface area contributed by atoms with Crippen LogP contribution in [0, 0.1) is 0 Å². The van der Waals surface area contributed by atoms with Gasteiger partial charge in [-0.2, -0.15) is 0 Å². The number of fused-ring (bicyclic) bond motifs is 1. The third-order valence-electron chi connectivity index (χ3n) is 2.42. The van der Waals surface area contributed by atoms with Crippen LogP contribution in [0.5, 0.6) is 0 Å². The SMILES string of the molecule is COC(=O)c1cc2cc(CC(C)=O)ccc2s1. The number of esters is 1. The Morgan fingerprint density at radius 1 is 1.29 bits per heavy atom. The molecule has 2 rings (SSSR count). The molecule has 0 saturated heterocycles. The van der Waals surface area contributed by atoms with Gasteiger partial charge >= 0.3 is 5.97 Å². The van der Waals surface area contributed by atoms with Gasteiger partial charge in [-0.3, -0.25) is 4.79 Å². The molecule has 17 heavy (non-hydrogen) atoms. The Hall–Kier alpha value is -1.68. The fraction of sp³-hybridized carbons (Fsp3) is 0.231. The third kappa shape index (κ3) is 2.53. The highest BCUT2D eigenvalue weighted by Crippen LogP contribution is 2.27. The average molecular weight is 248 g/mol. The molecule has 3 nitrogen and oxygen atoms in total. The van der Waals surface area contributed by atoms with Gasteiger partial charge in [0.1, 0.15) is 10.7 Å². The number of hydrogen-bond donors (Lipinski definition) is 0. The van der Waals surface area contributed by atoms with E-state index in [2.05, 4.69) is 4.74 Å². The third-order valence-corrected chi connectivity index (χ3v) is 3.52. The molecule has 0 aliphatic rings. The van der Waals surface area contributed by atoms with Gasteiger partial charge in [-0.15, -0.1) is 11.3 Å². The fourth-order valence-electron chi connectivity index (χ4n) is 1.69. The predicted octanol–water partition coefficient (Wildman–Crippen LogP) is 2.82. The lowest BCUT2D eigenvalue weighted by atomic mass is 10.1. The maximum absolute atomic E-state index is 11.4. The smallest absolute Gasteiger partial charge is 0.348 e. The first kappa shape index (κ1) is 11.8. The first-order valence-electron chi connectivity index (χ1n) is 5.20. The zero-order valence-corrected chi connectivity index (χ0v) is 10.5. The number of carbonyl (C=O) groups is 2. The molecule has 0 amide bonds. The summed E-state index contributed by atoms with van der Waals surface area (Å²) in [5.74, 6) is -0.188. The second kappa shape index (κ2) is 4.67. The molecule has 0 spiro atoms. The Bertz CT molecular complexity index is 583. The van der Waals surface area contributed by atoms with Crippen molar-refractivity contribution in [3.63, 3.8) is 0 Å². The van der Waals surface area contributed by atoms with E-state index < -0.39 is 0 Å². The van der Waals surface area contributed by atoms with Crippen molar-refractivity contribution in [1.29, 1.82) is 0 Å². The monoisotopic (exact) mass is 248 g/mol. The molecule has 88 valence electrons. The highest BCUT2D eigenvalue weighted by atomic mass is 32.1. The number of thiophene rings is 1. The molecular formula is C13H12O3S. The normalized spacial score (nSPS) is 10.5. The summed E-state index contributed by atoms with van der Waals surface area (Å²) in [6.07, 6.45) is 0.430. The second-order valence-electron chi connectivity index (χ2n) is 3.85. The molecule has 0 N–H and O–H groups in total. The molecule has 0 aliphatic heterocycles. The minimum Gasteiger partial charge on any atom is -0.465 e. The van der Waals surface area contributed by atoms with Gasteiger partial charge < -0.3 is 4.74 Å². The van der Waals surface area contributed by atoms with Crippen LogP contribution in [0.1, 0.15) is 22.2 Å². The Kier molecular flexibility index (Phi) is 3.24. The minimum absolute atomic E-state index is 0.132. The number of methoxy groups -OCH3 is 1. The van der Waals surface area contributed by atoms with E-state index in [4.69, 9.17) is 0 Å². The number of ether oxygens (including phenoxy) is 1. The van der Waals surface area contributed by atoms with E-state index in [9.17, 15) is 9.59 Å². The highest BCUT2D eigenvalue weighted by molar-refractivity contribution is 7.20. The molecule has 1 aromatic heterocycles. The van der Waals surface area contributed by atoms with Crippen LogP contribution >= 0.6 is 11.3 Å². The molecule has 0 bridgehead atoms. The summed E-state index contributed by atoms with van der Waals surface area (Å²) in [6.45, 7) is 1.57. The van der Waals surface area contributed by atoms with Gasteiger partial charge in [0.05, 0.1) is 7.11 Å². The summed E-state index contributed by atoms with van der Waals surface area (Å²) >= 11 is 1.40. The largest absolute Gasteiger partial charge is 0.465 e. The highest BCUT2D eigenvalue weighted by Gasteiger charge is 2.10. The number of rotatable bonds is 3. The maximum atomic E-state index is 11.4. The van der Waals surface area contributed by atoms with Crippen molar-refractivity contribution in [3.05, 3.63) is 34.7 Å². The van der Waals surface area contributed by atoms with Crippen molar-refractivity contribution in [2.24, 2.45) is 0 Å². The number of hydrogen-bond acceptors (Lipinski definition) is 4. The number of Topliss-reactive ketones (excluding diaryl/α,β-unsaturated/α-hetero) is 1. The summed E-state index contributed by atoms with van der Waals surface area (Å²) in [4.78, 5) is 23.0. The van der Waals surface area contributed by atoms with Crippen LogP contribution in [0.4, 0.5) is 0 Å². The van der Waals surface area contributed by atoms with Crippen molar-refractivity contribution >= 4 is 33.2 Å². The van der Waals surface area contributed by atoms with Gasteiger partial charge in [-0.05, 0) is 36.1 Å². The van der Waals surface area contributed by atoms with E-state index in [1.165, 1.54) is 18.4 Å². The molecule has 1 aromatic carbocycles. The standard InChI is InChI=1S/C13H12O3S/c1-8(14)5-9-3-4-11-10(6-9)7-12(17-11)13(15)16-2/h3-4,6-7H,5H2,1-2H3. The van der Waals surface area contributed by atoms with Gasteiger partial charge in [-0.25, -0.2) is 4.79 Å². The van der Waals surface area contributed by atoms with E-state index in [1.807, 2.05) is 18.2 Å². The molecule has 0 unspecified atom stereocenters. The number of benzene rings is 1. The van der Waals surface area contributed by atoms with Crippen molar-refractivity contribution in [1.82, 2.24) is 0 Å². The van der Waals surface area contributed by atoms with Gasteiger partial charge in [0.25, 0.3) is 0 Å². The Morgan fingerprint density at radius 2 is 2.06 bits per heavy atom. The number of ketones is 1. The Labute approximate surface area is 103 Å². The summed E-state index contributed by atoms with van der Waals surface area (Å²) in [5, 5.41) is 0.981. The first-order valence-corrected chi connectivity index (χ1v) is 6.02. The zero-order valence-electron chi connectivity index (χ0n) is 9.65. The van der Waals surface area contributed by atoms with Crippen LogP contribution in [0.3, 0.4) is 0 Å². The van der Waals surface area contributed by atoms with E-state index in [0.29, 0.717) is 11.3 Å². The van der Waals surface area contributed by atoms with Crippen LogP contribution in [-0.4, -0.2) is 18.9 Å². The average Bonchev–Trinajstić information content (AvgIpc) is 2.70. The summed E-state index contributed by atoms with van der Waals surface area (Å²) in [5.41, 5.74) is 0.971. The summed E-state index contributed by atoms with van der Waals surface area (Å²) in [6, 6.07) is 7.60. The van der Waals surface area contributed by atoms with Crippen LogP contribution in [0.2, 0.25) is 0 Å². The molecule has 0 aliphatic carbocycles. The topological polar surface area (TPSA) is 43.4 Å². The van der Waals surface area contributed by atoms with E-state index >= 15 is 0 Å². The molecule has 0 fully saturated rings. The van der Waals surface area contributed by atoms with Crippen LogP contribution in [0.15, 0.2) is 24.3 Å². The molecule has 1 heterocycles. The van der Waals surface area contributed by atoms with Gasteiger partial charge in [0, 0.05) is 11.1 Å². The van der Waals surface area contributed by atoms with E-state index in [0.717, 1.165) is 15.6 Å². The molecule has 0 radical (unpaired) electrons. The first-order chi connectivity index (χ1) is 8.10. The summed E-state index contributed by atoms with van der Waals surface area (Å²) < 4.78 is 5.70. The molecule has 2 aromatic rings. The fourth-order valence-corrected chi connectivity index (χ4v) is 2.65. The van der Waals surface area contributed by atoms with Crippen molar-refractivity contribution in [2.75, 3.05) is 7.11 Å². The Balaban J connectivity index is 2.40. The van der Waals surface area contributed by atoms with Crippen molar-refractivity contribution < 1.29 is 14.3 Å². The van der Waals surface area contributed by atoms with Crippen molar-refractivity contribution in [2.45, 2.75) is 13.3 Å². The maximum Gasteiger partial charge on any atom is 0.348 e. The van der Waals surface area contributed by atoms with Crippen LogP contribution < -0.4 is 0 Å². The number of carbonyl (C=O) groups excluding carboxylic acids is 2. The molecule has 4 heteroatoms. The molecular weight excluding hydrogens is 236 g/mol. The summed E-state index contributed by atoms with van der Waals surface area (Å²) in [7, 11) is 1.37.